The van der Waals surface area contributed by atoms with E-state index >= 15 is 0 Å². The van der Waals surface area contributed by atoms with Gasteiger partial charge < -0.3 is 14.8 Å². The number of benzene rings is 1. The van der Waals surface area contributed by atoms with Crippen molar-refractivity contribution in [1.29, 1.82) is 0 Å². The number of halogens is 1. The Balaban J connectivity index is 2.04. The fourth-order valence-corrected chi connectivity index (χ4v) is 3.23. The second-order valence-corrected chi connectivity index (χ2v) is 6.11. The molecule has 0 amide bonds. The van der Waals surface area contributed by atoms with Crippen LogP contribution in [0.15, 0.2) is 12.1 Å². The molecule has 112 valence electrons. The maximum atomic E-state index is 6.12. The Bertz CT molecular complexity index is 450. The average molecular weight is 298 g/mol. The Morgan fingerprint density at radius 2 is 1.95 bits per heavy atom. The molecule has 0 radical (unpaired) electrons. The summed E-state index contributed by atoms with van der Waals surface area (Å²) in [6, 6.07) is 3.71. The summed E-state index contributed by atoms with van der Waals surface area (Å²) < 4.78 is 10.7. The third kappa shape index (κ3) is 3.72. The molecule has 2 atom stereocenters. The molecule has 2 unspecified atom stereocenters. The van der Waals surface area contributed by atoms with Crippen LogP contribution in [0.2, 0.25) is 5.02 Å². The van der Waals surface area contributed by atoms with Crippen molar-refractivity contribution in [1.82, 2.24) is 0 Å². The molecule has 4 heteroatoms. The standard InChI is InChI=1S/C16H24ClNO2/c1-11-5-4-6-12(7-11)10-18-14-9-15(19-2)13(17)8-16(14)20-3/h8-9,11-12,18H,4-7,10H2,1-3H3. The van der Waals surface area contributed by atoms with E-state index in [1.54, 1.807) is 20.3 Å². The lowest BCUT2D eigenvalue weighted by molar-refractivity contribution is 0.293. The smallest absolute Gasteiger partial charge is 0.143 e. The summed E-state index contributed by atoms with van der Waals surface area (Å²) in [7, 11) is 3.28. The molecule has 0 spiro atoms. The van der Waals surface area contributed by atoms with E-state index in [1.807, 2.05) is 6.07 Å². The minimum absolute atomic E-state index is 0.571. The van der Waals surface area contributed by atoms with Gasteiger partial charge in [-0.25, -0.2) is 0 Å². The van der Waals surface area contributed by atoms with Gasteiger partial charge in [-0.2, -0.15) is 0 Å². The highest BCUT2D eigenvalue weighted by atomic mass is 35.5. The van der Waals surface area contributed by atoms with E-state index in [-0.39, 0.29) is 0 Å². The molecular weight excluding hydrogens is 274 g/mol. The fraction of sp³-hybridized carbons (Fsp3) is 0.625. The van der Waals surface area contributed by atoms with Crippen molar-refractivity contribution in [2.45, 2.75) is 32.6 Å². The van der Waals surface area contributed by atoms with Crippen LogP contribution in [-0.2, 0) is 0 Å². The third-order valence-corrected chi connectivity index (χ3v) is 4.40. The van der Waals surface area contributed by atoms with Crippen molar-refractivity contribution in [3.63, 3.8) is 0 Å². The van der Waals surface area contributed by atoms with E-state index in [4.69, 9.17) is 21.1 Å². The van der Waals surface area contributed by atoms with Gasteiger partial charge >= 0.3 is 0 Å². The number of hydrogen-bond donors (Lipinski definition) is 1. The van der Waals surface area contributed by atoms with Gasteiger partial charge in [0, 0.05) is 18.7 Å². The number of rotatable bonds is 5. The highest BCUT2D eigenvalue weighted by Crippen LogP contribution is 2.36. The zero-order chi connectivity index (χ0) is 14.5. The van der Waals surface area contributed by atoms with Crippen molar-refractivity contribution in [3.8, 4) is 11.5 Å². The van der Waals surface area contributed by atoms with E-state index in [0.29, 0.717) is 10.8 Å². The second-order valence-electron chi connectivity index (χ2n) is 5.71. The summed E-state index contributed by atoms with van der Waals surface area (Å²) in [6.45, 7) is 3.32. The fourth-order valence-electron chi connectivity index (χ4n) is 3.00. The molecule has 3 nitrogen and oxygen atoms in total. The molecule has 1 aliphatic rings. The van der Waals surface area contributed by atoms with Crippen LogP contribution in [0.25, 0.3) is 0 Å². The van der Waals surface area contributed by atoms with Crippen LogP contribution in [0.1, 0.15) is 32.6 Å². The summed E-state index contributed by atoms with van der Waals surface area (Å²) in [4.78, 5) is 0. The third-order valence-electron chi connectivity index (χ3n) is 4.10. The molecule has 1 saturated carbocycles. The van der Waals surface area contributed by atoms with Crippen molar-refractivity contribution >= 4 is 17.3 Å². The van der Waals surface area contributed by atoms with Crippen LogP contribution in [-0.4, -0.2) is 20.8 Å². The van der Waals surface area contributed by atoms with E-state index < -0.39 is 0 Å². The largest absolute Gasteiger partial charge is 0.495 e. The van der Waals surface area contributed by atoms with E-state index in [9.17, 15) is 0 Å². The molecular formula is C16H24ClNO2. The molecule has 0 aromatic heterocycles. The first-order valence-electron chi connectivity index (χ1n) is 7.29. The maximum Gasteiger partial charge on any atom is 0.143 e. The predicted molar refractivity (Wildman–Crippen MR) is 84.2 cm³/mol. The molecule has 1 fully saturated rings. The van der Waals surface area contributed by atoms with Gasteiger partial charge in [-0.05, 0) is 24.7 Å². The summed E-state index contributed by atoms with van der Waals surface area (Å²) >= 11 is 6.12. The van der Waals surface area contributed by atoms with Crippen LogP contribution < -0.4 is 14.8 Å². The maximum absolute atomic E-state index is 6.12. The molecule has 20 heavy (non-hydrogen) atoms. The minimum atomic E-state index is 0.571. The van der Waals surface area contributed by atoms with Gasteiger partial charge in [-0.1, -0.05) is 31.4 Å². The summed E-state index contributed by atoms with van der Waals surface area (Å²) in [6.07, 6.45) is 5.33. The Hall–Kier alpha value is -1.09. The van der Waals surface area contributed by atoms with E-state index in [1.165, 1.54) is 25.7 Å². The molecule has 1 aliphatic carbocycles. The molecule has 0 aliphatic heterocycles. The van der Waals surface area contributed by atoms with Gasteiger partial charge in [0.15, 0.2) is 0 Å². The van der Waals surface area contributed by atoms with Crippen molar-refractivity contribution in [2.75, 3.05) is 26.1 Å². The summed E-state index contributed by atoms with van der Waals surface area (Å²) in [5.41, 5.74) is 0.951. The topological polar surface area (TPSA) is 30.5 Å². The molecule has 1 N–H and O–H groups in total. The van der Waals surface area contributed by atoms with Crippen molar-refractivity contribution < 1.29 is 9.47 Å². The molecule has 0 bridgehead atoms. The predicted octanol–water partition coefficient (Wildman–Crippen LogP) is 4.60. The first-order chi connectivity index (χ1) is 9.63. The van der Waals surface area contributed by atoms with Gasteiger partial charge in [0.2, 0.25) is 0 Å². The first-order valence-corrected chi connectivity index (χ1v) is 7.67. The van der Waals surface area contributed by atoms with Crippen molar-refractivity contribution in [3.05, 3.63) is 17.2 Å². The van der Waals surface area contributed by atoms with E-state index in [2.05, 4.69) is 12.2 Å². The van der Waals surface area contributed by atoms with Gasteiger partial charge in [0.05, 0.1) is 24.9 Å². The zero-order valence-corrected chi connectivity index (χ0v) is 13.3. The van der Waals surface area contributed by atoms with Crippen LogP contribution in [0, 0.1) is 11.8 Å². The lowest BCUT2D eigenvalue weighted by Crippen LogP contribution is -2.21. The average Bonchev–Trinajstić information content (AvgIpc) is 2.45. The first kappa shape index (κ1) is 15.3. The molecule has 1 aromatic rings. The highest BCUT2D eigenvalue weighted by molar-refractivity contribution is 6.32. The van der Waals surface area contributed by atoms with E-state index in [0.717, 1.165) is 29.8 Å². The van der Waals surface area contributed by atoms with Crippen LogP contribution in [0.4, 0.5) is 5.69 Å². The Kier molecular flexibility index (Phi) is 5.41. The lowest BCUT2D eigenvalue weighted by atomic mass is 9.82. The molecule has 0 saturated heterocycles. The van der Waals surface area contributed by atoms with Gasteiger partial charge in [0.1, 0.15) is 11.5 Å². The Labute approximate surface area is 126 Å². The lowest BCUT2D eigenvalue weighted by Gasteiger charge is -2.27. The van der Waals surface area contributed by atoms with Gasteiger partial charge in [-0.15, -0.1) is 0 Å². The van der Waals surface area contributed by atoms with Crippen LogP contribution in [0.5, 0.6) is 11.5 Å². The Morgan fingerprint density at radius 3 is 2.60 bits per heavy atom. The monoisotopic (exact) mass is 297 g/mol. The molecule has 2 rings (SSSR count). The summed E-state index contributed by atoms with van der Waals surface area (Å²) in [5, 5.41) is 4.06. The molecule has 0 heterocycles. The number of hydrogen-bond acceptors (Lipinski definition) is 3. The number of methoxy groups -OCH3 is 2. The second kappa shape index (κ2) is 7.07. The normalized spacial score (nSPS) is 22.4. The quantitative estimate of drug-likeness (QED) is 0.862. The number of anilines is 1. The number of nitrogens with one attached hydrogen (secondary N) is 1. The highest BCUT2D eigenvalue weighted by Gasteiger charge is 2.19. The number of ether oxygens (including phenoxy) is 2. The van der Waals surface area contributed by atoms with Gasteiger partial charge in [0.25, 0.3) is 0 Å². The zero-order valence-electron chi connectivity index (χ0n) is 12.5. The van der Waals surface area contributed by atoms with Crippen molar-refractivity contribution in [2.24, 2.45) is 11.8 Å². The summed E-state index contributed by atoms with van der Waals surface area (Å²) in [5.74, 6) is 3.02. The molecule has 1 aromatic carbocycles. The Morgan fingerprint density at radius 1 is 1.20 bits per heavy atom. The van der Waals surface area contributed by atoms with Crippen LogP contribution >= 0.6 is 11.6 Å². The van der Waals surface area contributed by atoms with Crippen LogP contribution in [0.3, 0.4) is 0 Å². The SMILES string of the molecule is COc1cc(NCC2CCCC(C)C2)c(OC)cc1Cl. The van der Waals surface area contributed by atoms with Gasteiger partial charge in [-0.3, -0.25) is 0 Å². The minimum Gasteiger partial charge on any atom is -0.495 e.